The van der Waals surface area contributed by atoms with Gasteiger partial charge < -0.3 is 14.5 Å². The lowest BCUT2D eigenvalue weighted by atomic mass is 10.1. The lowest BCUT2D eigenvalue weighted by Crippen LogP contribution is -2.23. The summed E-state index contributed by atoms with van der Waals surface area (Å²) >= 11 is 0. The molecule has 0 radical (unpaired) electrons. The summed E-state index contributed by atoms with van der Waals surface area (Å²) in [5, 5.41) is 7.72. The van der Waals surface area contributed by atoms with Gasteiger partial charge in [0.15, 0.2) is 5.76 Å². The molecule has 5 rings (SSSR count). The molecule has 7 nitrogen and oxygen atoms in total. The zero-order valence-corrected chi connectivity index (χ0v) is 18.3. The SMILES string of the molecule is O=C(NCc1cn(-c2ccccc2)nc1-c1ccncc1)c1occc1COc1ccccc1. The number of para-hydroxylation sites is 2. The highest BCUT2D eigenvalue weighted by atomic mass is 16.5. The van der Waals surface area contributed by atoms with Crippen LogP contribution in [0.2, 0.25) is 0 Å². The third-order valence-electron chi connectivity index (χ3n) is 5.29. The first kappa shape index (κ1) is 21.2. The Bertz CT molecular complexity index is 1360. The second kappa shape index (κ2) is 9.87. The van der Waals surface area contributed by atoms with Crippen molar-refractivity contribution in [3.63, 3.8) is 0 Å². The number of pyridine rings is 1. The van der Waals surface area contributed by atoms with Crippen LogP contribution >= 0.6 is 0 Å². The lowest BCUT2D eigenvalue weighted by Gasteiger charge is -2.07. The Labute approximate surface area is 196 Å². The van der Waals surface area contributed by atoms with E-state index in [1.165, 1.54) is 6.26 Å². The van der Waals surface area contributed by atoms with Crippen molar-refractivity contribution >= 4 is 5.91 Å². The smallest absolute Gasteiger partial charge is 0.287 e. The van der Waals surface area contributed by atoms with Crippen molar-refractivity contribution in [2.45, 2.75) is 13.2 Å². The van der Waals surface area contributed by atoms with E-state index in [1.807, 2.05) is 83.7 Å². The van der Waals surface area contributed by atoms with E-state index >= 15 is 0 Å². The van der Waals surface area contributed by atoms with Crippen molar-refractivity contribution in [2.75, 3.05) is 0 Å². The predicted octanol–water partition coefficient (Wildman–Crippen LogP) is 5.04. The largest absolute Gasteiger partial charge is 0.489 e. The monoisotopic (exact) mass is 450 g/mol. The van der Waals surface area contributed by atoms with Gasteiger partial charge in [0.1, 0.15) is 12.4 Å². The van der Waals surface area contributed by atoms with Crippen molar-refractivity contribution in [1.29, 1.82) is 0 Å². The Morgan fingerprint density at radius 2 is 1.65 bits per heavy atom. The highest BCUT2D eigenvalue weighted by Crippen LogP contribution is 2.23. The molecule has 0 saturated carbocycles. The number of amides is 1. The quantitative estimate of drug-likeness (QED) is 0.358. The Kier molecular flexibility index (Phi) is 6.16. The number of nitrogens with one attached hydrogen (secondary N) is 1. The van der Waals surface area contributed by atoms with Crippen molar-refractivity contribution < 1.29 is 13.9 Å². The maximum Gasteiger partial charge on any atom is 0.287 e. The molecule has 0 fully saturated rings. The first-order chi connectivity index (χ1) is 16.8. The minimum absolute atomic E-state index is 0.233. The number of rotatable bonds is 8. The summed E-state index contributed by atoms with van der Waals surface area (Å²) < 4.78 is 13.1. The van der Waals surface area contributed by atoms with E-state index in [9.17, 15) is 4.79 Å². The molecule has 0 atom stereocenters. The topological polar surface area (TPSA) is 82.2 Å². The Morgan fingerprint density at radius 3 is 2.41 bits per heavy atom. The van der Waals surface area contributed by atoms with Gasteiger partial charge in [-0.15, -0.1) is 0 Å². The van der Waals surface area contributed by atoms with Gasteiger partial charge in [-0.05, 0) is 42.5 Å². The number of hydrogen-bond donors (Lipinski definition) is 1. The summed E-state index contributed by atoms with van der Waals surface area (Å²) in [4.78, 5) is 17.0. The highest BCUT2D eigenvalue weighted by Gasteiger charge is 2.18. The molecule has 3 heterocycles. The number of aromatic nitrogens is 3. The number of nitrogens with zero attached hydrogens (tertiary/aromatic N) is 3. The van der Waals surface area contributed by atoms with Gasteiger partial charge in [-0.2, -0.15) is 5.10 Å². The van der Waals surface area contributed by atoms with Crippen LogP contribution in [0.1, 0.15) is 21.7 Å². The molecule has 0 bridgehead atoms. The minimum Gasteiger partial charge on any atom is -0.489 e. The molecule has 5 aromatic rings. The van der Waals surface area contributed by atoms with Crippen LogP contribution in [0.4, 0.5) is 0 Å². The predicted molar refractivity (Wildman–Crippen MR) is 127 cm³/mol. The van der Waals surface area contributed by atoms with Crippen molar-refractivity contribution in [1.82, 2.24) is 20.1 Å². The number of carbonyl (C=O) groups is 1. The summed E-state index contributed by atoms with van der Waals surface area (Å²) in [5.74, 6) is 0.645. The molecule has 0 aliphatic rings. The average Bonchev–Trinajstić information content (AvgIpc) is 3.55. The average molecular weight is 450 g/mol. The zero-order valence-electron chi connectivity index (χ0n) is 18.3. The molecular weight excluding hydrogens is 428 g/mol. The van der Waals surface area contributed by atoms with E-state index in [1.54, 1.807) is 18.5 Å². The first-order valence-electron chi connectivity index (χ1n) is 10.8. The maximum absolute atomic E-state index is 12.9. The fraction of sp³-hybridized carbons (Fsp3) is 0.0741. The second-order valence-corrected chi connectivity index (χ2v) is 7.58. The molecule has 7 heteroatoms. The van der Waals surface area contributed by atoms with E-state index in [-0.39, 0.29) is 24.8 Å². The Balaban J connectivity index is 1.34. The summed E-state index contributed by atoms with van der Waals surface area (Å²) in [6.45, 7) is 0.514. The van der Waals surface area contributed by atoms with E-state index in [4.69, 9.17) is 14.3 Å². The van der Waals surface area contributed by atoms with E-state index < -0.39 is 0 Å². The molecule has 2 aromatic carbocycles. The molecule has 0 saturated heterocycles. The standard InChI is InChI=1S/C27H22N4O3/c32-27(26-21(13-16-33-26)19-34-24-9-5-2-6-10-24)29-17-22-18-31(23-7-3-1-4-8-23)30-25(22)20-11-14-28-15-12-20/h1-16,18H,17,19H2,(H,29,32). The normalized spacial score (nSPS) is 10.7. The van der Waals surface area contributed by atoms with Gasteiger partial charge >= 0.3 is 0 Å². The van der Waals surface area contributed by atoms with Crippen LogP contribution in [-0.2, 0) is 13.2 Å². The second-order valence-electron chi connectivity index (χ2n) is 7.58. The van der Waals surface area contributed by atoms with E-state index in [0.717, 1.165) is 28.3 Å². The van der Waals surface area contributed by atoms with Gasteiger partial charge in [0.05, 0.1) is 17.6 Å². The number of hydrogen-bond acceptors (Lipinski definition) is 5. The number of benzene rings is 2. The molecule has 0 unspecified atom stereocenters. The molecule has 1 amide bonds. The van der Waals surface area contributed by atoms with Crippen LogP contribution < -0.4 is 10.1 Å². The van der Waals surface area contributed by atoms with Gasteiger partial charge in [0.2, 0.25) is 0 Å². The molecule has 3 aromatic heterocycles. The summed E-state index contributed by atoms with van der Waals surface area (Å²) in [6.07, 6.45) is 6.86. The Hall–Kier alpha value is -4.65. The number of furan rings is 1. The minimum atomic E-state index is -0.315. The fourth-order valence-electron chi connectivity index (χ4n) is 3.59. The van der Waals surface area contributed by atoms with Crippen LogP contribution in [0, 0.1) is 0 Å². The van der Waals surface area contributed by atoms with Gasteiger partial charge in [0.25, 0.3) is 5.91 Å². The third-order valence-corrected chi connectivity index (χ3v) is 5.29. The van der Waals surface area contributed by atoms with Crippen LogP contribution in [0.5, 0.6) is 5.75 Å². The molecule has 34 heavy (non-hydrogen) atoms. The molecule has 0 spiro atoms. The summed E-state index contributed by atoms with van der Waals surface area (Å²) in [6, 6.07) is 24.8. The van der Waals surface area contributed by atoms with Crippen LogP contribution in [0.3, 0.4) is 0 Å². The number of ether oxygens (including phenoxy) is 1. The Morgan fingerprint density at radius 1 is 0.912 bits per heavy atom. The maximum atomic E-state index is 12.9. The van der Waals surface area contributed by atoms with Gasteiger partial charge in [-0.25, -0.2) is 4.68 Å². The summed E-state index contributed by atoms with van der Waals surface area (Å²) in [5.41, 5.74) is 4.18. The van der Waals surface area contributed by atoms with Crippen LogP contribution in [-0.4, -0.2) is 20.7 Å². The van der Waals surface area contributed by atoms with E-state index in [0.29, 0.717) is 5.56 Å². The molecule has 168 valence electrons. The highest BCUT2D eigenvalue weighted by molar-refractivity contribution is 5.92. The first-order valence-corrected chi connectivity index (χ1v) is 10.8. The van der Waals surface area contributed by atoms with E-state index in [2.05, 4.69) is 10.3 Å². The zero-order chi connectivity index (χ0) is 23.2. The fourth-order valence-corrected chi connectivity index (χ4v) is 3.59. The number of carbonyl (C=O) groups excluding carboxylic acids is 1. The summed E-state index contributed by atoms with van der Waals surface area (Å²) in [7, 11) is 0. The van der Waals surface area contributed by atoms with Gasteiger partial charge in [-0.3, -0.25) is 9.78 Å². The van der Waals surface area contributed by atoms with Crippen molar-refractivity contribution in [2.24, 2.45) is 0 Å². The third kappa shape index (κ3) is 4.73. The molecule has 0 aliphatic carbocycles. The molecule has 1 N–H and O–H groups in total. The van der Waals surface area contributed by atoms with Crippen LogP contribution in [0.15, 0.2) is 108 Å². The molecular formula is C27H22N4O3. The van der Waals surface area contributed by atoms with Crippen molar-refractivity contribution in [3.05, 3.63) is 121 Å². The van der Waals surface area contributed by atoms with Gasteiger partial charge in [-0.1, -0.05) is 36.4 Å². The van der Waals surface area contributed by atoms with Gasteiger partial charge in [0, 0.05) is 41.8 Å². The van der Waals surface area contributed by atoms with Crippen molar-refractivity contribution in [3.8, 4) is 22.7 Å². The molecule has 0 aliphatic heterocycles. The lowest BCUT2D eigenvalue weighted by molar-refractivity contribution is 0.0919. The van der Waals surface area contributed by atoms with Crippen LogP contribution in [0.25, 0.3) is 16.9 Å².